The van der Waals surface area contributed by atoms with E-state index in [-0.39, 0.29) is 30.0 Å². The van der Waals surface area contributed by atoms with Crippen LogP contribution in [0.25, 0.3) is 11.0 Å². The number of alkyl carbamates (subject to hydrolysis) is 1. The van der Waals surface area contributed by atoms with Gasteiger partial charge < -0.3 is 30.0 Å². The van der Waals surface area contributed by atoms with Crippen LogP contribution in [-0.2, 0) is 35.6 Å². The summed E-state index contributed by atoms with van der Waals surface area (Å²) in [5, 5.41) is 4.55. The molecule has 0 radical (unpaired) electrons. The Bertz CT molecular complexity index is 2200. The van der Waals surface area contributed by atoms with Crippen molar-refractivity contribution in [3.8, 4) is 5.75 Å². The molecule has 1 unspecified atom stereocenters. The minimum atomic E-state index is -4.08. The molecule has 0 bridgehead atoms. The predicted molar refractivity (Wildman–Crippen MR) is 226 cm³/mol. The number of benzene rings is 1. The van der Waals surface area contributed by atoms with Gasteiger partial charge in [-0.1, -0.05) is 59.8 Å². The molecule has 2 aromatic rings. The first kappa shape index (κ1) is 45.7. The Morgan fingerprint density at radius 3 is 2.48 bits per heavy atom. The highest BCUT2D eigenvalue weighted by molar-refractivity contribution is 7.91. The molecule has 4 N–H and O–H groups in total. The Labute approximate surface area is 361 Å². The van der Waals surface area contributed by atoms with Crippen LogP contribution in [0.5, 0.6) is 5.75 Å². The summed E-state index contributed by atoms with van der Waals surface area (Å²) in [6.07, 6.45) is 5.00. The number of nitrogens with one attached hydrogen (secondary N) is 4. The molecule has 9 atom stereocenters. The van der Waals surface area contributed by atoms with Crippen LogP contribution in [0, 0.1) is 35.0 Å². The maximum atomic E-state index is 14.5. The summed E-state index contributed by atoms with van der Waals surface area (Å²) in [4.78, 5) is 77.3. The first-order chi connectivity index (χ1) is 29.4. The van der Waals surface area contributed by atoms with Crippen LogP contribution < -0.4 is 25.7 Å². The lowest BCUT2D eigenvalue weighted by Crippen LogP contribution is -2.61. The number of aromatic nitrogens is 2. The molecule has 7 rings (SSSR count). The average molecular weight is 889 g/mol. The highest BCUT2D eigenvalue weighted by Gasteiger charge is 2.67. The number of aryl methyl sites for hydroxylation is 1. The minimum absolute atomic E-state index is 0.148. The van der Waals surface area contributed by atoms with E-state index >= 15 is 0 Å². The molecule has 1 saturated heterocycles. The number of H-pyrrole nitrogens is 1. The van der Waals surface area contributed by atoms with Crippen LogP contribution in [-0.4, -0.2) is 96.2 Å². The number of methoxy groups -OCH3 is 1. The van der Waals surface area contributed by atoms with Crippen LogP contribution in [0.4, 0.5) is 13.6 Å². The van der Waals surface area contributed by atoms with Gasteiger partial charge in [-0.05, 0) is 99.0 Å². The summed E-state index contributed by atoms with van der Waals surface area (Å²) in [6.45, 7) is 7.36. The number of amides is 4. The molecule has 4 amide bonds. The van der Waals surface area contributed by atoms with E-state index < -0.39 is 80.9 Å². The third-order valence-electron chi connectivity index (χ3n) is 14.2. The van der Waals surface area contributed by atoms with E-state index in [1.807, 2.05) is 17.7 Å². The van der Waals surface area contributed by atoms with Gasteiger partial charge in [0.25, 0.3) is 11.5 Å². The summed E-state index contributed by atoms with van der Waals surface area (Å²) >= 11 is 0. The highest BCUT2D eigenvalue weighted by Crippen LogP contribution is 2.51. The summed E-state index contributed by atoms with van der Waals surface area (Å²) < 4.78 is 66.7. The number of rotatable bonds is 17. The number of aromatic amines is 1. The second-order valence-electron chi connectivity index (χ2n) is 19.4. The summed E-state index contributed by atoms with van der Waals surface area (Å²) in [7, 11) is -2.52. The van der Waals surface area contributed by atoms with Crippen molar-refractivity contribution in [3.63, 3.8) is 0 Å². The number of halogens is 2. The molecule has 1 aliphatic heterocycles. The second-order valence-corrected chi connectivity index (χ2v) is 21.3. The molecule has 62 heavy (non-hydrogen) atoms. The van der Waals surface area contributed by atoms with Crippen molar-refractivity contribution in [2.24, 2.45) is 35.0 Å². The van der Waals surface area contributed by atoms with Crippen LogP contribution in [0.2, 0.25) is 0 Å². The molecular weight excluding hydrogens is 827 g/mol. The largest absolute Gasteiger partial charge is 0.497 e. The predicted octanol–water partition coefficient (Wildman–Crippen LogP) is 5.36. The lowest BCUT2D eigenvalue weighted by molar-refractivity contribution is -0.144. The lowest BCUT2D eigenvalue weighted by Gasteiger charge is -2.36. The maximum absolute atomic E-state index is 14.5. The monoisotopic (exact) mass is 888 g/mol. The number of nitrogens with zero attached hydrogens (tertiary/aromatic N) is 2. The van der Waals surface area contributed by atoms with Gasteiger partial charge in [0, 0.05) is 12.6 Å². The van der Waals surface area contributed by atoms with E-state index in [0.29, 0.717) is 66.4 Å². The van der Waals surface area contributed by atoms with Gasteiger partial charge in [-0.2, -0.15) is 0 Å². The van der Waals surface area contributed by atoms with Crippen LogP contribution in [0.3, 0.4) is 0 Å². The number of unbranched alkanes of at least 4 members (excludes halogenated alkanes) is 2. The van der Waals surface area contributed by atoms with E-state index in [0.717, 1.165) is 51.4 Å². The van der Waals surface area contributed by atoms with Crippen molar-refractivity contribution in [3.05, 3.63) is 34.2 Å². The van der Waals surface area contributed by atoms with Gasteiger partial charge in [0.05, 0.1) is 29.3 Å². The maximum Gasteiger partial charge on any atom is 0.408 e. The Morgan fingerprint density at radius 2 is 1.82 bits per heavy atom. The molecule has 4 aliphatic carbocycles. The SMILES string of the molecule is CC[C@@H]1CCN(C(=O)[C@@H](NC(=O)O[C@@H]2C[C@@H]3CCC[C@@H]3C2CCCCCc2nc3ccc(OC)cc3[nH]c2=O)C(C)(C)C)[C@@H]1C(=O)N[C@]1(C(=O)NS(=O)(=O)C2CC2)C[C@H]1C(F)F. The smallest absolute Gasteiger partial charge is 0.408 e. The van der Waals surface area contributed by atoms with E-state index in [9.17, 15) is 41.2 Å². The van der Waals surface area contributed by atoms with Gasteiger partial charge in [0.1, 0.15) is 35.2 Å². The first-order valence-electron chi connectivity index (χ1n) is 22.4. The van der Waals surface area contributed by atoms with E-state index in [4.69, 9.17) is 9.47 Å². The number of carbonyl (C=O) groups is 4. The van der Waals surface area contributed by atoms with Crippen molar-refractivity contribution in [1.29, 1.82) is 0 Å². The molecule has 342 valence electrons. The zero-order valence-electron chi connectivity index (χ0n) is 36.3. The molecule has 0 spiro atoms. The fourth-order valence-corrected chi connectivity index (χ4v) is 11.8. The normalized spacial score (nSPS) is 28.7. The number of sulfonamides is 1. The molecule has 5 aliphatic rings. The van der Waals surface area contributed by atoms with E-state index in [1.54, 1.807) is 40.0 Å². The molecule has 4 saturated carbocycles. The molecule has 2 heterocycles. The number of hydrogen-bond acceptors (Lipinski definition) is 10. The topological polar surface area (TPSA) is 206 Å². The standard InChI is InChI=1S/C44H62F2N6O9S/c1-6-24-19-20-52(35(24)39(54)50-44(23-30(44)37(45)46)41(56)51-62(58,59)27-16-17-27)40(55)36(43(2,3)4)49-42(57)61-34-21-25-11-10-13-28(25)29(34)12-8-7-9-14-32-38(53)48-33-22-26(60-5)15-18-31(33)47-32/h15,18,22,24-25,27-30,34-37H,6-14,16-17,19-21,23H2,1-5H3,(H,48,53)(H,49,57)(H,50,54)(H,51,56)/t24-,25+,28+,29?,30+,34-,35+,36-,44-/m1/s1. The third-order valence-corrected chi connectivity index (χ3v) is 16.0. The van der Waals surface area contributed by atoms with Crippen molar-refractivity contribution < 1.29 is 45.9 Å². The molecule has 18 heteroatoms. The summed E-state index contributed by atoms with van der Waals surface area (Å²) in [6, 6.07) is 3.11. The molecule has 15 nitrogen and oxygen atoms in total. The van der Waals surface area contributed by atoms with Gasteiger partial charge in [-0.25, -0.2) is 27.0 Å². The van der Waals surface area contributed by atoms with Gasteiger partial charge in [-0.15, -0.1) is 0 Å². The Kier molecular flexibility index (Phi) is 13.3. The number of hydrogen-bond donors (Lipinski definition) is 4. The Balaban J connectivity index is 0.977. The lowest BCUT2D eigenvalue weighted by atomic mass is 9.85. The number of likely N-dealkylation sites (tertiary alicyclic amines) is 1. The van der Waals surface area contributed by atoms with Crippen molar-refractivity contribution in [2.75, 3.05) is 13.7 Å². The average Bonchev–Trinajstić information content (AvgIpc) is 4.07. The molecular formula is C44H62F2N6O9S. The highest BCUT2D eigenvalue weighted by atomic mass is 32.2. The van der Waals surface area contributed by atoms with Crippen molar-refractivity contribution >= 4 is 44.9 Å². The van der Waals surface area contributed by atoms with Gasteiger partial charge in [0.2, 0.25) is 28.3 Å². The number of fused-ring (bicyclic) bond motifs is 2. The van der Waals surface area contributed by atoms with Crippen LogP contribution in [0.15, 0.2) is 23.0 Å². The fourth-order valence-electron chi connectivity index (χ4n) is 10.5. The molecule has 5 fully saturated rings. The zero-order valence-corrected chi connectivity index (χ0v) is 37.2. The number of alkyl halides is 2. The zero-order chi connectivity index (χ0) is 44.7. The van der Waals surface area contributed by atoms with Crippen LogP contribution >= 0.6 is 0 Å². The minimum Gasteiger partial charge on any atom is -0.497 e. The van der Waals surface area contributed by atoms with Gasteiger partial charge >= 0.3 is 6.09 Å². The first-order valence-corrected chi connectivity index (χ1v) is 23.9. The van der Waals surface area contributed by atoms with Crippen LogP contribution in [0.1, 0.15) is 117 Å². The van der Waals surface area contributed by atoms with Crippen molar-refractivity contribution in [2.45, 2.75) is 153 Å². The van der Waals surface area contributed by atoms with Crippen molar-refractivity contribution in [1.82, 2.24) is 30.2 Å². The fraction of sp³-hybridized carbons (Fsp3) is 0.727. The van der Waals surface area contributed by atoms with E-state index in [2.05, 4.69) is 20.6 Å². The molecule has 1 aromatic heterocycles. The number of carbonyl (C=O) groups excluding carboxylic acids is 4. The Hall–Kier alpha value is -4.35. The summed E-state index contributed by atoms with van der Waals surface area (Å²) in [5.74, 6) is -2.86. The summed E-state index contributed by atoms with van der Waals surface area (Å²) in [5.41, 5.74) is -1.38. The van der Waals surface area contributed by atoms with E-state index in [1.165, 1.54) is 4.90 Å². The quantitative estimate of drug-likeness (QED) is 0.150. The third kappa shape index (κ3) is 9.59. The van der Waals surface area contributed by atoms with Gasteiger partial charge in [-0.3, -0.25) is 23.9 Å². The Morgan fingerprint density at radius 1 is 1.06 bits per heavy atom. The molecule has 1 aromatic carbocycles. The van der Waals surface area contributed by atoms with Gasteiger partial charge in [0.15, 0.2) is 0 Å². The second kappa shape index (κ2) is 18.0. The number of ether oxygens (including phenoxy) is 2.